The molecule has 7 heteroatoms. The first-order valence-electron chi connectivity index (χ1n) is 9.08. The number of ether oxygens (including phenoxy) is 1. The van der Waals surface area contributed by atoms with Crippen LogP contribution in [0.4, 0.5) is 5.69 Å². The quantitative estimate of drug-likeness (QED) is 0.311. The first-order chi connectivity index (χ1) is 14.2. The van der Waals surface area contributed by atoms with Crippen molar-refractivity contribution >= 4 is 56.0 Å². The van der Waals surface area contributed by atoms with Gasteiger partial charge in [0.15, 0.2) is 5.17 Å². The Labute approximate surface area is 199 Å². The molecule has 30 heavy (non-hydrogen) atoms. The molecule has 0 radical (unpaired) electrons. The first-order valence-corrected chi connectivity index (χ1v) is 9.90. The molecule has 0 unspecified atom stereocenters. The Bertz CT molecular complexity index is 1330. The van der Waals surface area contributed by atoms with Gasteiger partial charge in [0.1, 0.15) is 10.7 Å². The van der Waals surface area contributed by atoms with Gasteiger partial charge in [-0.2, -0.15) is 6.20 Å². The standard InChI is InChI=1S/C23H16N3O2S.Na/c1-28-20(17-7-6-14-4-2-3-5-15(14)12-17)21-22(27)26-23(29-21)25-18-8-9-19-16(13-18)10-11-24-19;/h2-13H,1H3,(H,25,26,27);/q-1;+1. The van der Waals surface area contributed by atoms with Crippen molar-refractivity contribution in [2.24, 2.45) is 4.99 Å². The number of amides is 1. The van der Waals surface area contributed by atoms with Crippen LogP contribution in [0.25, 0.3) is 27.4 Å². The van der Waals surface area contributed by atoms with Crippen LogP contribution in [0.15, 0.2) is 82.8 Å². The van der Waals surface area contributed by atoms with Gasteiger partial charge in [-0.25, -0.2) is 4.99 Å². The fourth-order valence-electron chi connectivity index (χ4n) is 3.37. The number of hydrogen-bond acceptors (Lipinski definition) is 4. The number of thioether (sulfide) groups is 1. The zero-order valence-corrected chi connectivity index (χ0v) is 19.4. The van der Waals surface area contributed by atoms with Crippen molar-refractivity contribution in [3.63, 3.8) is 0 Å². The van der Waals surface area contributed by atoms with Crippen LogP contribution in [0.1, 0.15) is 5.56 Å². The largest absolute Gasteiger partial charge is 1.00 e. The summed E-state index contributed by atoms with van der Waals surface area (Å²) < 4.78 is 5.62. The van der Waals surface area contributed by atoms with Crippen molar-refractivity contribution in [1.29, 1.82) is 0 Å². The molecule has 0 aliphatic carbocycles. The molecular weight excluding hydrogens is 405 g/mol. The summed E-state index contributed by atoms with van der Waals surface area (Å²) >= 11 is 1.28. The summed E-state index contributed by atoms with van der Waals surface area (Å²) in [5.41, 5.74) is 2.55. The molecule has 0 atom stereocenters. The predicted octanol–water partition coefficient (Wildman–Crippen LogP) is 1.82. The van der Waals surface area contributed by atoms with E-state index in [2.05, 4.69) is 21.4 Å². The van der Waals surface area contributed by atoms with E-state index in [1.54, 1.807) is 13.3 Å². The van der Waals surface area contributed by atoms with E-state index in [1.807, 2.05) is 60.7 Å². The van der Waals surface area contributed by atoms with Crippen LogP contribution < -0.4 is 39.9 Å². The molecule has 1 saturated heterocycles. The predicted molar refractivity (Wildman–Crippen MR) is 118 cm³/mol. The van der Waals surface area contributed by atoms with Gasteiger partial charge in [0.2, 0.25) is 0 Å². The van der Waals surface area contributed by atoms with E-state index < -0.39 is 0 Å². The second-order valence-corrected chi connectivity index (χ2v) is 7.58. The molecule has 1 aliphatic heterocycles. The average molecular weight is 421 g/mol. The van der Waals surface area contributed by atoms with E-state index in [9.17, 15) is 4.79 Å². The SMILES string of the molecule is COC(=C1SC(=Nc2ccc3[n-]ccc3c2)NC1=O)c1ccc2ccccc2c1.[Na+]. The van der Waals surface area contributed by atoms with Gasteiger partial charge in [-0.15, -0.1) is 5.52 Å². The molecule has 1 aromatic heterocycles. The van der Waals surface area contributed by atoms with Crippen LogP contribution in [-0.4, -0.2) is 18.2 Å². The van der Waals surface area contributed by atoms with Crippen molar-refractivity contribution < 1.29 is 39.1 Å². The van der Waals surface area contributed by atoms with Gasteiger partial charge < -0.3 is 15.0 Å². The summed E-state index contributed by atoms with van der Waals surface area (Å²) in [5.74, 6) is 0.328. The monoisotopic (exact) mass is 421 g/mol. The number of nitrogens with zero attached hydrogens (tertiary/aromatic N) is 2. The summed E-state index contributed by atoms with van der Waals surface area (Å²) in [6.07, 6.45) is 1.77. The second-order valence-electron chi connectivity index (χ2n) is 6.59. The summed E-state index contributed by atoms with van der Waals surface area (Å²) in [4.78, 5) is 22.0. The number of carbonyl (C=O) groups is 1. The molecule has 1 fully saturated rings. The number of methoxy groups -OCH3 is 1. The molecular formula is C23H16N3NaO2S. The third kappa shape index (κ3) is 3.91. The summed E-state index contributed by atoms with van der Waals surface area (Å²) in [6.45, 7) is 0. The Morgan fingerprint density at radius 2 is 1.83 bits per heavy atom. The summed E-state index contributed by atoms with van der Waals surface area (Å²) in [5, 5.41) is 6.61. The number of nitrogens with one attached hydrogen (secondary N) is 1. The normalized spacial score (nSPS) is 16.6. The van der Waals surface area contributed by atoms with Gasteiger partial charge >= 0.3 is 29.6 Å². The zero-order valence-electron chi connectivity index (χ0n) is 16.5. The van der Waals surface area contributed by atoms with E-state index in [-0.39, 0.29) is 35.5 Å². The fraction of sp³-hybridized carbons (Fsp3) is 0.0435. The van der Waals surface area contributed by atoms with Gasteiger partial charge in [0.25, 0.3) is 5.91 Å². The summed E-state index contributed by atoms with van der Waals surface area (Å²) in [6, 6.07) is 21.8. The molecule has 1 amide bonds. The maximum Gasteiger partial charge on any atom is 1.00 e. The Morgan fingerprint density at radius 3 is 2.67 bits per heavy atom. The van der Waals surface area contributed by atoms with E-state index in [4.69, 9.17) is 4.74 Å². The number of hydrogen-bond donors (Lipinski definition) is 1. The maximum absolute atomic E-state index is 12.6. The van der Waals surface area contributed by atoms with Crippen LogP contribution in [0.3, 0.4) is 0 Å². The first kappa shape index (κ1) is 20.8. The van der Waals surface area contributed by atoms with Crippen LogP contribution >= 0.6 is 11.8 Å². The van der Waals surface area contributed by atoms with E-state index in [0.29, 0.717) is 15.8 Å². The second kappa shape index (κ2) is 8.70. The molecule has 1 N–H and O–H groups in total. The summed E-state index contributed by atoms with van der Waals surface area (Å²) in [7, 11) is 1.58. The minimum absolute atomic E-state index is 0. The van der Waals surface area contributed by atoms with Crippen LogP contribution in [0.2, 0.25) is 0 Å². The van der Waals surface area contributed by atoms with Crippen molar-refractivity contribution in [1.82, 2.24) is 10.3 Å². The number of carbonyl (C=O) groups excluding carboxylic acids is 1. The number of aliphatic imine (C=N–C) groups is 1. The van der Waals surface area contributed by atoms with E-state index in [0.717, 1.165) is 32.9 Å². The molecule has 1 aliphatic rings. The molecule has 5 rings (SSSR count). The van der Waals surface area contributed by atoms with Crippen molar-refractivity contribution in [3.8, 4) is 0 Å². The molecule has 5 nitrogen and oxygen atoms in total. The average Bonchev–Trinajstić information content (AvgIpc) is 3.35. The zero-order chi connectivity index (χ0) is 19.8. The van der Waals surface area contributed by atoms with Gasteiger partial charge in [0, 0.05) is 5.56 Å². The van der Waals surface area contributed by atoms with Crippen LogP contribution in [-0.2, 0) is 9.53 Å². The van der Waals surface area contributed by atoms with Crippen LogP contribution in [0, 0.1) is 0 Å². The number of rotatable bonds is 3. The molecule has 0 spiro atoms. The Kier molecular flexibility index (Phi) is 6.01. The molecule has 0 bridgehead atoms. The number of benzene rings is 3. The number of fused-ring (bicyclic) bond motifs is 2. The molecule has 4 aromatic rings. The molecule has 142 valence electrons. The van der Waals surface area contributed by atoms with E-state index in [1.165, 1.54) is 11.8 Å². The topological polar surface area (TPSA) is 64.8 Å². The third-order valence-corrected chi connectivity index (χ3v) is 5.72. The maximum atomic E-state index is 12.6. The van der Waals surface area contributed by atoms with Gasteiger partial charge in [0.05, 0.1) is 12.8 Å². The van der Waals surface area contributed by atoms with Crippen molar-refractivity contribution in [3.05, 3.63) is 83.4 Å². The minimum atomic E-state index is -0.213. The molecule has 0 saturated carbocycles. The van der Waals surface area contributed by atoms with Gasteiger partial charge in [-0.1, -0.05) is 48.5 Å². The third-order valence-electron chi connectivity index (χ3n) is 4.76. The Hall–Kier alpha value is -2.51. The fourth-order valence-corrected chi connectivity index (χ4v) is 4.30. The smallest absolute Gasteiger partial charge is 0.664 e. The Balaban J connectivity index is 0.00000218. The molecule has 3 aromatic carbocycles. The molecule has 2 heterocycles. The number of amidine groups is 1. The van der Waals surface area contributed by atoms with Crippen molar-refractivity contribution in [2.75, 3.05) is 7.11 Å². The van der Waals surface area contributed by atoms with Crippen molar-refractivity contribution in [2.45, 2.75) is 0 Å². The number of aromatic nitrogens is 1. The van der Waals surface area contributed by atoms with Gasteiger partial charge in [-0.3, -0.25) is 4.79 Å². The minimum Gasteiger partial charge on any atom is -0.664 e. The van der Waals surface area contributed by atoms with Gasteiger partial charge in [-0.05, 0) is 46.1 Å². The Morgan fingerprint density at radius 1 is 1.00 bits per heavy atom. The van der Waals surface area contributed by atoms with Crippen LogP contribution in [0.5, 0.6) is 0 Å². The van der Waals surface area contributed by atoms with E-state index >= 15 is 0 Å².